The third-order valence-corrected chi connectivity index (χ3v) is 4.12. The highest BCUT2D eigenvalue weighted by Gasteiger charge is 2.04. The second kappa shape index (κ2) is 5.67. The molecule has 0 aliphatic carbocycles. The molecule has 2 aromatic carbocycles. The second-order valence-electron chi connectivity index (χ2n) is 3.56. The molecule has 0 aliphatic heterocycles. The third-order valence-electron chi connectivity index (χ3n) is 2.32. The van der Waals surface area contributed by atoms with E-state index in [4.69, 9.17) is 28.9 Å². The van der Waals surface area contributed by atoms with Gasteiger partial charge in [-0.25, -0.2) is 0 Å². The number of halogens is 2. The highest BCUT2D eigenvalue weighted by atomic mass is 35.5. The summed E-state index contributed by atoms with van der Waals surface area (Å²) in [7, 11) is 0. The van der Waals surface area contributed by atoms with E-state index in [-0.39, 0.29) is 0 Å². The van der Waals surface area contributed by atoms with Crippen molar-refractivity contribution in [2.24, 2.45) is 0 Å². The van der Waals surface area contributed by atoms with Crippen LogP contribution in [-0.2, 0) is 5.75 Å². The Kier molecular flexibility index (Phi) is 4.21. The summed E-state index contributed by atoms with van der Waals surface area (Å²) in [5.41, 5.74) is 7.67. The molecule has 17 heavy (non-hydrogen) atoms. The van der Waals surface area contributed by atoms with Crippen molar-refractivity contribution in [2.75, 3.05) is 5.73 Å². The zero-order valence-corrected chi connectivity index (χ0v) is 11.3. The number of hydrogen-bond acceptors (Lipinski definition) is 2. The predicted octanol–water partition coefficient (Wildman–Crippen LogP) is 4.87. The molecule has 0 fully saturated rings. The van der Waals surface area contributed by atoms with Gasteiger partial charge >= 0.3 is 0 Å². The summed E-state index contributed by atoms with van der Waals surface area (Å²) in [4.78, 5) is 1.05. The number of hydrogen-bond donors (Lipinski definition) is 1. The summed E-state index contributed by atoms with van der Waals surface area (Å²) in [6, 6.07) is 13.3. The number of anilines is 1. The summed E-state index contributed by atoms with van der Waals surface area (Å²) in [5, 5.41) is 1.46. The molecule has 0 aromatic heterocycles. The van der Waals surface area contributed by atoms with Gasteiger partial charge in [-0.3, -0.25) is 0 Å². The zero-order chi connectivity index (χ0) is 12.3. The molecule has 4 heteroatoms. The molecule has 0 unspecified atom stereocenters. The average Bonchev–Trinajstić information content (AvgIpc) is 2.32. The van der Waals surface area contributed by atoms with Crippen molar-refractivity contribution >= 4 is 40.7 Å². The van der Waals surface area contributed by atoms with Crippen molar-refractivity contribution in [3.63, 3.8) is 0 Å². The van der Waals surface area contributed by atoms with Gasteiger partial charge in [0.25, 0.3) is 0 Å². The number of nitrogens with two attached hydrogens (primary N) is 1. The van der Waals surface area contributed by atoms with E-state index < -0.39 is 0 Å². The van der Waals surface area contributed by atoms with Crippen molar-refractivity contribution in [1.29, 1.82) is 0 Å². The minimum atomic E-state index is 0.703. The monoisotopic (exact) mass is 283 g/mol. The summed E-state index contributed by atoms with van der Waals surface area (Å²) < 4.78 is 0. The first-order valence-electron chi connectivity index (χ1n) is 5.08. The van der Waals surface area contributed by atoms with Gasteiger partial charge in [0.1, 0.15) is 0 Å². The van der Waals surface area contributed by atoms with Crippen molar-refractivity contribution in [3.05, 3.63) is 58.1 Å². The maximum Gasteiger partial charge on any atom is 0.0541 e. The van der Waals surface area contributed by atoms with Crippen LogP contribution in [0.2, 0.25) is 10.0 Å². The highest BCUT2D eigenvalue weighted by molar-refractivity contribution is 7.98. The molecule has 0 bridgehead atoms. The maximum absolute atomic E-state index is 6.08. The van der Waals surface area contributed by atoms with Gasteiger partial charge in [0.05, 0.1) is 5.02 Å². The summed E-state index contributed by atoms with van der Waals surface area (Å²) >= 11 is 13.7. The summed E-state index contributed by atoms with van der Waals surface area (Å²) in [6.45, 7) is 0. The lowest BCUT2D eigenvalue weighted by molar-refractivity contribution is 1.38. The Bertz CT molecular complexity index is 529. The second-order valence-corrected chi connectivity index (χ2v) is 5.42. The van der Waals surface area contributed by atoms with Gasteiger partial charge < -0.3 is 5.73 Å². The van der Waals surface area contributed by atoms with Crippen LogP contribution in [0.4, 0.5) is 5.69 Å². The van der Waals surface area contributed by atoms with Crippen LogP contribution in [-0.4, -0.2) is 0 Å². The molecule has 0 spiro atoms. The average molecular weight is 284 g/mol. The largest absolute Gasteiger partial charge is 0.398 e. The van der Waals surface area contributed by atoms with Crippen LogP contribution in [0, 0.1) is 0 Å². The van der Waals surface area contributed by atoms with Gasteiger partial charge in [-0.15, -0.1) is 11.8 Å². The van der Waals surface area contributed by atoms with Crippen molar-refractivity contribution < 1.29 is 0 Å². The number of benzene rings is 2. The van der Waals surface area contributed by atoms with Crippen molar-refractivity contribution in [2.45, 2.75) is 10.6 Å². The fraction of sp³-hybridized carbons (Fsp3) is 0.0769. The first-order chi connectivity index (χ1) is 8.16. The fourth-order valence-electron chi connectivity index (χ4n) is 1.42. The predicted molar refractivity (Wildman–Crippen MR) is 76.9 cm³/mol. The van der Waals surface area contributed by atoms with Crippen LogP contribution in [0.25, 0.3) is 0 Å². The van der Waals surface area contributed by atoms with Crippen molar-refractivity contribution in [1.82, 2.24) is 0 Å². The summed E-state index contributed by atoms with van der Waals surface area (Å²) in [6.07, 6.45) is 0. The minimum Gasteiger partial charge on any atom is -0.398 e. The molecular weight excluding hydrogens is 273 g/mol. The van der Waals surface area contributed by atoms with Gasteiger partial charge in [0.15, 0.2) is 0 Å². The van der Waals surface area contributed by atoms with Gasteiger partial charge in [-0.1, -0.05) is 35.3 Å². The Hall–Kier alpha value is -0.830. The van der Waals surface area contributed by atoms with E-state index in [0.29, 0.717) is 5.02 Å². The Labute approximate surface area is 115 Å². The molecular formula is C13H11Cl2NS. The number of rotatable bonds is 3. The Morgan fingerprint density at radius 1 is 1.06 bits per heavy atom. The zero-order valence-electron chi connectivity index (χ0n) is 8.99. The molecule has 0 aliphatic rings. The van der Waals surface area contributed by atoms with E-state index in [2.05, 4.69) is 0 Å². The Balaban J connectivity index is 2.12. The van der Waals surface area contributed by atoms with Gasteiger partial charge in [0, 0.05) is 21.4 Å². The quantitative estimate of drug-likeness (QED) is 0.643. The van der Waals surface area contributed by atoms with Crippen LogP contribution in [0.5, 0.6) is 0 Å². The normalized spacial score (nSPS) is 10.5. The molecule has 2 N–H and O–H groups in total. The van der Waals surface area contributed by atoms with Crippen LogP contribution >= 0.6 is 35.0 Å². The van der Waals surface area contributed by atoms with Crippen LogP contribution in [0.3, 0.4) is 0 Å². The van der Waals surface area contributed by atoms with Crippen LogP contribution < -0.4 is 5.73 Å². The van der Waals surface area contributed by atoms with E-state index in [1.807, 2.05) is 36.4 Å². The lowest BCUT2D eigenvalue weighted by atomic mass is 10.2. The van der Waals surface area contributed by atoms with E-state index >= 15 is 0 Å². The van der Waals surface area contributed by atoms with Crippen molar-refractivity contribution in [3.8, 4) is 0 Å². The number of nitrogen functional groups attached to an aromatic ring is 1. The molecule has 0 heterocycles. The highest BCUT2D eigenvalue weighted by Crippen LogP contribution is 2.31. The first kappa shape index (κ1) is 12.6. The van der Waals surface area contributed by atoms with Gasteiger partial charge in [0.2, 0.25) is 0 Å². The van der Waals surface area contributed by atoms with Gasteiger partial charge in [-0.2, -0.15) is 0 Å². The van der Waals surface area contributed by atoms with E-state index in [9.17, 15) is 0 Å². The Morgan fingerprint density at radius 2 is 1.82 bits per heavy atom. The van der Waals surface area contributed by atoms with E-state index in [1.165, 1.54) is 0 Å². The molecule has 0 radical (unpaired) electrons. The third kappa shape index (κ3) is 3.32. The molecule has 0 amide bonds. The smallest absolute Gasteiger partial charge is 0.0541 e. The lowest BCUT2D eigenvalue weighted by Crippen LogP contribution is -1.92. The topological polar surface area (TPSA) is 26.0 Å². The molecule has 0 atom stereocenters. The summed E-state index contributed by atoms with van der Waals surface area (Å²) in [5.74, 6) is 0.760. The number of thioether (sulfide) groups is 1. The van der Waals surface area contributed by atoms with Crippen LogP contribution in [0.15, 0.2) is 47.4 Å². The molecule has 2 rings (SSSR count). The molecule has 2 aromatic rings. The molecule has 0 saturated heterocycles. The SMILES string of the molecule is Nc1ccc(Cl)cc1CSc1ccccc1Cl. The maximum atomic E-state index is 6.08. The standard InChI is InChI=1S/C13H11Cl2NS/c14-10-5-6-12(16)9(7-10)8-17-13-4-2-1-3-11(13)15/h1-7H,8,16H2. The fourth-order valence-corrected chi connectivity index (χ4v) is 2.85. The van der Waals surface area contributed by atoms with Crippen LogP contribution in [0.1, 0.15) is 5.56 Å². The van der Waals surface area contributed by atoms with Gasteiger partial charge in [-0.05, 0) is 35.9 Å². The minimum absolute atomic E-state index is 0.703. The Morgan fingerprint density at radius 3 is 2.59 bits per heavy atom. The molecule has 1 nitrogen and oxygen atoms in total. The molecule has 0 saturated carbocycles. The first-order valence-corrected chi connectivity index (χ1v) is 6.82. The molecule has 88 valence electrons. The van der Waals surface area contributed by atoms with E-state index in [0.717, 1.165) is 26.9 Å². The lowest BCUT2D eigenvalue weighted by Gasteiger charge is -2.07. The van der Waals surface area contributed by atoms with E-state index in [1.54, 1.807) is 17.8 Å².